The minimum Gasteiger partial charge on any atom is -0.359 e. The van der Waals surface area contributed by atoms with Crippen molar-refractivity contribution >= 4 is 28.3 Å². The Kier molecular flexibility index (Phi) is 5.27. The molecule has 35 heavy (non-hydrogen) atoms. The van der Waals surface area contributed by atoms with E-state index in [4.69, 9.17) is 11.6 Å². The second kappa shape index (κ2) is 8.60. The van der Waals surface area contributed by atoms with E-state index in [-0.39, 0.29) is 0 Å². The maximum atomic E-state index is 14.7. The van der Waals surface area contributed by atoms with Gasteiger partial charge in [0.25, 0.3) is 0 Å². The summed E-state index contributed by atoms with van der Waals surface area (Å²) in [6.45, 7) is 4.07. The molecule has 6 heteroatoms. The number of halogens is 2. The highest BCUT2D eigenvalue weighted by molar-refractivity contribution is 6.30. The van der Waals surface area contributed by atoms with Crippen LogP contribution >= 0.6 is 11.6 Å². The van der Waals surface area contributed by atoms with Crippen LogP contribution in [-0.4, -0.2) is 15.0 Å². The summed E-state index contributed by atoms with van der Waals surface area (Å²) in [7, 11) is 0. The number of fused-ring (bicyclic) bond motifs is 2. The summed E-state index contributed by atoms with van der Waals surface area (Å²) in [4.78, 5) is 13.6. The van der Waals surface area contributed by atoms with Crippen LogP contribution in [0, 0.1) is 5.82 Å². The molecule has 2 aromatic carbocycles. The number of benzene rings is 2. The standard InChI is InChI=1S/C29H20ClFN4/c1-17-4-5-18-6-7-19(12-27(18)34-17)20-11-21(16-32-15-20)24-14-28(25-13-22(30)8-9-26(25)31)35-29-23(24)3-2-10-33-29/h2-3,6-16,34H,1,4-5H2. The monoisotopic (exact) mass is 478 g/mol. The van der Waals surface area contributed by atoms with Gasteiger partial charge < -0.3 is 5.32 Å². The fourth-order valence-electron chi connectivity index (χ4n) is 4.50. The van der Waals surface area contributed by atoms with Gasteiger partial charge in [0, 0.05) is 57.1 Å². The van der Waals surface area contributed by atoms with E-state index in [9.17, 15) is 4.39 Å². The van der Waals surface area contributed by atoms with E-state index < -0.39 is 5.82 Å². The summed E-state index contributed by atoms with van der Waals surface area (Å²) < 4.78 is 14.7. The van der Waals surface area contributed by atoms with Crippen LogP contribution in [0.4, 0.5) is 10.1 Å². The summed E-state index contributed by atoms with van der Waals surface area (Å²) in [6.07, 6.45) is 7.27. The first-order chi connectivity index (χ1) is 17.0. The van der Waals surface area contributed by atoms with Crippen LogP contribution in [0.5, 0.6) is 0 Å². The van der Waals surface area contributed by atoms with Gasteiger partial charge in [0.2, 0.25) is 0 Å². The molecule has 1 N–H and O–H groups in total. The summed E-state index contributed by atoms with van der Waals surface area (Å²) in [6, 6.07) is 18.7. The summed E-state index contributed by atoms with van der Waals surface area (Å²) >= 11 is 6.16. The second-order valence-electron chi connectivity index (χ2n) is 8.62. The van der Waals surface area contributed by atoms with Gasteiger partial charge >= 0.3 is 0 Å². The predicted octanol–water partition coefficient (Wildman–Crippen LogP) is 7.69. The quantitative estimate of drug-likeness (QED) is 0.289. The lowest BCUT2D eigenvalue weighted by atomic mass is 9.95. The molecular formula is C29H20ClFN4. The fourth-order valence-corrected chi connectivity index (χ4v) is 4.67. The maximum Gasteiger partial charge on any atom is 0.160 e. The Labute approximate surface area is 207 Å². The lowest BCUT2D eigenvalue weighted by molar-refractivity contribution is 0.631. The van der Waals surface area contributed by atoms with Crippen molar-refractivity contribution in [3.8, 4) is 33.5 Å². The van der Waals surface area contributed by atoms with Crippen molar-refractivity contribution in [1.29, 1.82) is 0 Å². The lowest BCUT2D eigenvalue weighted by Crippen LogP contribution is -2.08. The van der Waals surface area contributed by atoms with E-state index >= 15 is 0 Å². The molecule has 4 heterocycles. The molecule has 1 aliphatic rings. The molecule has 0 saturated carbocycles. The van der Waals surface area contributed by atoms with Crippen molar-refractivity contribution in [2.24, 2.45) is 0 Å². The van der Waals surface area contributed by atoms with Gasteiger partial charge in [-0.2, -0.15) is 0 Å². The van der Waals surface area contributed by atoms with Gasteiger partial charge in [-0.1, -0.05) is 30.3 Å². The predicted molar refractivity (Wildman–Crippen MR) is 140 cm³/mol. The van der Waals surface area contributed by atoms with Gasteiger partial charge in [0.15, 0.2) is 5.65 Å². The number of nitrogens with zero attached hydrogens (tertiary/aromatic N) is 3. The fraction of sp³-hybridized carbons (Fsp3) is 0.0690. The van der Waals surface area contributed by atoms with Gasteiger partial charge in [-0.3, -0.25) is 4.98 Å². The van der Waals surface area contributed by atoms with Crippen molar-refractivity contribution < 1.29 is 4.39 Å². The molecule has 1 aliphatic heterocycles. The van der Waals surface area contributed by atoms with Gasteiger partial charge in [0.1, 0.15) is 5.82 Å². The van der Waals surface area contributed by atoms with Gasteiger partial charge in [-0.05, 0) is 78.1 Å². The second-order valence-corrected chi connectivity index (χ2v) is 9.05. The largest absolute Gasteiger partial charge is 0.359 e. The molecule has 0 aliphatic carbocycles. The first-order valence-electron chi connectivity index (χ1n) is 11.3. The molecule has 0 unspecified atom stereocenters. The van der Waals surface area contributed by atoms with Crippen molar-refractivity contribution in [3.63, 3.8) is 0 Å². The van der Waals surface area contributed by atoms with Crippen molar-refractivity contribution in [1.82, 2.24) is 15.0 Å². The Hall–Kier alpha value is -4.09. The van der Waals surface area contributed by atoms with Crippen LogP contribution < -0.4 is 5.32 Å². The topological polar surface area (TPSA) is 50.7 Å². The Bertz CT molecular complexity index is 1630. The molecule has 0 atom stereocenters. The maximum absolute atomic E-state index is 14.7. The highest BCUT2D eigenvalue weighted by Crippen LogP contribution is 2.36. The van der Waals surface area contributed by atoms with E-state index in [0.717, 1.165) is 51.9 Å². The number of allylic oxidation sites excluding steroid dienone is 1. The van der Waals surface area contributed by atoms with Crippen LogP contribution in [0.1, 0.15) is 12.0 Å². The third-order valence-corrected chi connectivity index (χ3v) is 6.52. The number of pyridine rings is 3. The highest BCUT2D eigenvalue weighted by Gasteiger charge is 2.16. The molecule has 0 radical (unpaired) electrons. The molecule has 170 valence electrons. The van der Waals surface area contributed by atoms with Gasteiger partial charge in [0.05, 0.1) is 5.69 Å². The minimum atomic E-state index is -0.391. The molecule has 0 fully saturated rings. The molecule has 0 saturated heterocycles. The SMILES string of the molecule is C=C1CCc2ccc(-c3cncc(-c4cc(-c5cc(Cl)ccc5F)nc5ncccc45)c3)cc2N1. The highest BCUT2D eigenvalue weighted by atomic mass is 35.5. The van der Waals surface area contributed by atoms with Crippen molar-refractivity contribution in [2.75, 3.05) is 5.32 Å². The number of hydrogen-bond donors (Lipinski definition) is 1. The Morgan fingerprint density at radius 1 is 0.886 bits per heavy atom. The molecule has 4 nitrogen and oxygen atoms in total. The smallest absolute Gasteiger partial charge is 0.160 e. The zero-order valence-corrected chi connectivity index (χ0v) is 19.5. The summed E-state index contributed by atoms with van der Waals surface area (Å²) in [5, 5.41) is 4.70. The Balaban J connectivity index is 1.50. The number of anilines is 1. The average molecular weight is 479 g/mol. The normalized spacial score (nSPS) is 12.9. The third-order valence-electron chi connectivity index (χ3n) is 6.29. The number of aromatic nitrogens is 3. The third kappa shape index (κ3) is 4.04. The Morgan fingerprint density at radius 2 is 1.77 bits per heavy atom. The van der Waals surface area contributed by atoms with E-state index in [2.05, 4.69) is 51.1 Å². The first kappa shape index (κ1) is 21.4. The molecular weight excluding hydrogens is 459 g/mol. The van der Waals surface area contributed by atoms with Crippen molar-refractivity contribution in [3.05, 3.63) is 108 Å². The van der Waals surface area contributed by atoms with Crippen LogP contribution in [0.15, 0.2) is 91.5 Å². The van der Waals surface area contributed by atoms with E-state index in [1.54, 1.807) is 12.3 Å². The minimum absolute atomic E-state index is 0.330. The number of aryl methyl sites for hydroxylation is 1. The molecule has 0 amide bonds. The Morgan fingerprint density at radius 3 is 2.69 bits per heavy atom. The molecule has 0 spiro atoms. The number of hydrogen-bond acceptors (Lipinski definition) is 4. The van der Waals surface area contributed by atoms with E-state index in [1.807, 2.05) is 30.6 Å². The number of nitrogens with one attached hydrogen (secondary N) is 1. The zero-order chi connectivity index (χ0) is 23.9. The molecule has 3 aromatic heterocycles. The molecule has 0 bridgehead atoms. The zero-order valence-electron chi connectivity index (χ0n) is 18.7. The summed E-state index contributed by atoms with van der Waals surface area (Å²) in [5.74, 6) is -0.391. The number of rotatable bonds is 3. The lowest BCUT2D eigenvalue weighted by Gasteiger charge is -2.21. The van der Waals surface area contributed by atoms with Crippen LogP contribution in [-0.2, 0) is 6.42 Å². The van der Waals surface area contributed by atoms with Crippen LogP contribution in [0.3, 0.4) is 0 Å². The molecule has 5 aromatic rings. The van der Waals surface area contributed by atoms with E-state index in [1.165, 1.54) is 17.7 Å². The van der Waals surface area contributed by atoms with Crippen LogP contribution in [0.2, 0.25) is 5.02 Å². The molecule has 6 rings (SSSR count). The van der Waals surface area contributed by atoms with Gasteiger partial charge in [-0.25, -0.2) is 14.4 Å². The summed E-state index contributed by atoms with van der Waals surface area (Å²) in [5.41, 5.74) is 8.51. The first-order valence-corrected chi connectivity index (χ1v) is 11.7. The van der Waals surface area contributed by atoms with E-state index in [0.29, 0.717) is 21.9 Å². The van der Waals surface area contributed by atoms with Crippen molar-refractivity contribution in [2.45, 2.75) is 12.8 Å². The van der Waals surface area contributed by atoms with Gasteiger partial charge in [-0.15, -0.1) is 0 Å². The average Bonchev–Trinajstić information content (AvgIpc) is 2.89. The van der Waals surface area contributed by atoms with Crippen LogP contribution in [0.25, 0.3) is 44.5 Å².